The van der Waals surface area contributed by atoms with Crippen LogP contribution in [-0.2, 0) is 4.74 Å². The molecule has 1 aromatic carbocycles. The van der Waals surface area contributed by atoms with Crippen molar-refractivity contribution in [2.24, 2.45) is 9.98 Å². The molecular weight excluding hydrogens is 288 g/mol. The largest absolute Gasteiger partial charge is 0.419 e. The number of benzene rings is 1. The van der Waals surface area contributed by atoms with Gasteiger partial charge < -0.3 is 4.74 Å². The lowest BCUT2D eigenvalue weighted by molar-refractivity contribution is 0.550. The molecule has 5 heteroatoms. The third-order valence-corrected chi connectivity index (χ3v) is 3.37. The van der Waals surface area contributed by atoms with E-state index in [-0.39, 0.29) is 0 Å². The van der Waals surface area contributed by atoms with E-state index in [9.17, 15) is 0 Å². The Balaban J connectivity index is 1.87. The van der Waals surface area contributed by atoms with Crippen molar-refractivity contribution >= 4 is 23.2 Å². The lowest BCUT2D eigenvalue weighted by atomic mass is 10.2. The molecule has 0 atom stereocenters. The van der Waals surface area contributed by atoms with Crippen molar-refractivity contribution in [3.63, 3.8) is 0 Å². The topological polar surface area (TPSA) is 59.7 Å². The molecule has 0 bridgehead atoms. The second-order valence-corrected chi connectivity index (χ2v) is 4.90. The molecule has 110 valence electrons. The van der Waals surface area contributed by atoms with E-state index in [2.05, 4.69) is 20.0 Å². The molecule has 3 heterocycles. The van der Waals surface area contributed by atoms with Gasteiger partial charge in [0.15, 0.2) is 0 Å². The monoisotopic (exact) mass is 300 g/mol. The van der Waals surface area contributed by atoms with Crippen LogP contribution in [0.2, 0.25) is 0 Å². The minimum Gasteiger partial charge on any atom is -0.419 e. The molecule has 0 saturated carbocycles. The van der Waals surface area contributed by atoms with Crippen molar-refractivity contribution in [3.8, 4) is 0 Å². The zero-order chi connectivity index (χ0) is 15.5. The molecule has 0 fully saturated rings. The summed E-state index contributed by atoms with van der Waals surface area (Å²) in [5, 5.41) is 0. The number of aliphatic imine (C=N–C) groups is 2. The first kappa shape index (κ1) is 13.3. The number of pyridine rings is 2. The Hall–Kier alpha value is -3.34. The smallest absolute Gasteiger partial charge is 0.229 e. The second kappa shape index (κ2) is 5.81. The predicted octanol–water partition coefficient (Wildman–Crippen LogP) is 3.66. The number of para-hydroxylation sites is 2. The van der Waals surface area contributed by atoms with Gasteiger partial charge in [0.05, 0.1) is 11.4 Å². The SMILES string of the molecule is c1ccc2c(c1)N=C(c1ccncc1)OC(c1ccncc1)=N2. The molecule has 3 aromatic rings. The van der Waals surface area contributed by atoms with E-state index in [1.165, 1.54) is 0 Å². The van der Waals surface area contributed by atoms with Crippen LogP contribution in [-0.4, -0.2) is 21.8 Å². The van der Waals surface area contributed by atoms with Gasteiger partial charge in [0.25, 0.3) is 0 Å². The average molecular weight is 300 g/mol. The van der Waals surface area contributed by atoms with E-state index in [1.54, 1.807) is 24.8 Å². The molecule has 1 aliphatic rings. The zero-order valence-electron chi connectivity index (χ0n) is 12.1. The number of hydrogen-bond donors (Lipinski definition) is 0. The number of hydrogen-bond acceptors (Lipinski definition) is 5. The third kappa shape index (κ3) is 2.72. The Morgan fingerprint density at radius 1 is 0.565 bits per heavy atom. The molecule has 4 rings (SSSR count). The van der Waals surface area contributed by atoms with Gasteiger partial charge in [0.2, 0.25) is 11.8 Å². The number of aromatic nitrogens is 2. The maximum atomic E-state index is 6.01. The molecule has 0 N–H and O–H groups in total. The molecule has 0 unspecified atom stereocenters. The zero-order valence-corrected chi connectivity index (χ0v) is 12.1. The highest BCUT2D eigenvalue weighted by atomic mass is 16.5. The van der Waals surface area contributed by atoms with Crippen LogP contribution >= 0.6 is 0 Å². The van der Waals surface area contributed by atoms with Crippen molar-refractivity contribution < 1.29 is 4.74 Å². The summed E-state index contributed by atoms with van der Waals surface area (Å²) in [6.45, 7) is 0. The summed E-state index contributed by atoms with van der Waals surface area (Å²) in [4.78, 5) is 17.3. The fourth-order valence-corrected chi connectivity index (χ4v) is 2.25. The van der Waals surface area contributed by atoms with Crippen LogP contribution in [0.1, 0.15) is 11.1 Å². The van der Waals surface area contributed by atoms with Gasteiger partial charge in [-0.25, -0.2) is 9.98 Å². The lowest BCUT2D eigenvalue weighted by Crippen LogP contribution is -2.14. The highest BCUT2D eigenvalue weighted by molar-refractivity contribution is 6.10. The molecule has 2 aromatic heterocycles. The molecule has 5 nitrogen and oxygen atoms in total. The Labute approximate surface area is 133 Å². The minimum absolute atomic E-state index is 0.493. The van der Waals surface area contributed by atoms with Crippen molar-refractivity contribution in [1.82, 2.24) is 9.97 Å². The van der Waals surface area contributed by atoms with Crippen LogP contribution in [0.15, 0.2) is 83.3 Å². The fourth-order valence-electron chi connectivity index (χ4n) is 2.25. The van der Waals surface area contributed by atoms with Gasteiger partial charge >= 0.3 is 0 Å². The normalized spacial score (nSPS) is 13.2. The Bertz CT molecular complexity index is 815. The summed E-state index contributed by atoms with van der Waals surface area (Å²) in [5.41, 5.74) is 3.23. The number of rotatable bonds is 2. The van der Waals surface area contributed by atoms with Crippen molar-refractivity contribution in [2.45, 2.75) is 0 Å². The van der Waals surface area contributed by atoms with Gasteiger partial charge in [0, 0.05) is 35.9 Å². The first-order valence-corrected chi connectivity index (χ1v) is 7.15. The maximum Gasteiger partial charge on any atom is 0.229 e. The van der Waals surface area contributed by atoms with E-state index < -0.39 is 0 Å². The summed E-state index contributed by atoms with van der Waals surface area (Å²) in [6.07, 6.45) is 6.84. The molecule has 23 heavy (non-hydrogen) atoms. The van der Waals surface area contributed by atoms with Crippen molar-refractivity contribution in [3.05, 3.63) is 84.4 Å². The van der Waals surface area contributed by atoms with Crippen molar-refractivity contribution in [1.29, 1.82) is 0 Å². The molecular formula is C18H12N4O. The number of ether oxygens (including phenoxy) is 1. The maximum absolute atomic E-state index is 6.01. The van der Waals surface area contributed by atoms with E-state index >= 15 is 0 Å². The Kier molecular flexibility index (Phi) is 3.37. The van der Waals surface area contributed by atoms with E-state index in [0.717, 1.165) is 22.5 Å². The van der Waals surface area contributed by atoms with Crippen LogP contribution in [0.3, 0.4) is 0 Å². The predicted molar refractivity (Wildman–Crippen MR) is 88.4 cm³/mol. The summed E-state index contributed by atoms with van der Waals surface area (Å²) in [5.74, 6) is 0.987. The van der Waals surface area contributed by atoms with Crippen LogP contribution in [0.5, 0.6) is 0 Å². The van der Waals surface area contributed by atoms with Crippen molar-refractivity contribution in [2.75, 3.05) is 0 Å². The molecule has 1 aliphatic heterocycles. The van der Waals surface area contributed by atoms with Crippen LogP contribution in [0.4, 0.5) is 11.4 Å². The second-order valence-electron chi connectivity index (χ2n) is 4.90. The highest BCUT2D eigenvalue weighted by Crippen LogP contribution is 2.31. The number of fused-ring (bicyclic) bond motifs is 1. The van der Waals surface area contributed by atoms with Gasteiger partial charge in [-0.1, -0.05) is 12.1 Å². The summed E-state index contributed by atoms with van der Waals surface area (Å²) in [7, 11) is 0. The summed E-state index contributed by atoms with van der Waals surface area (Å²) >= 11 is 0. The van der Waals surface area contributed by atoms with E-state index in [1.807, 2.05) is 48.5 Å². The standard InChI is InChI=1S/C18H12N4O/c1-2-4-16-15(3-1)21-17(13-5-9-19-10-6-13)23-18(22-16)14-7-11-20-12-8-14/h1-12H. The summed E-state index contributed by atoms with van der Waals surface area (Å²) in [6, 6.07) is 15.1. The summed E-state index contributed by atoms with van der Waals surface area (Å²) < 4.78 is 6.01. The van der Waals surface area contributed by atoms with Crippen LogP contribution in [0, 0.1) is 0 Å². The quantitative estimate of drug-likeness (QED) is 0.725. The van der Waals surface area contributed by atoms with Gasteiger partial charge in [-0.15, -0.1) is 0 Å². The molecule has 0 aliphatic carbocycles. The Morgan fingerprint density at radius 2 is 1.00 bits per heavy atom. The highest BCUT2D eigenvalue weighted by Gasteiger charge is 2.17. The van der Waals surface area contributed by atoms with Crippen LogP contribution in [0.25, 0.3) is 0 Å². The minimum atomic E-state index is 0.493. The third-order valence-electron chi connectivity index (χ3n) is 3.37. The van der Waals surface area contributed by atoms with Crippen LogP contribution < -0.4 is 0 Å². The van der Waals surface area contributed by atoms with Gasteiger partial charge in [-0.3, -0.25) is 9.97 Å². The van der Waals surface area contributed by atoms with Gasteiger partial charge in [-0.05, 0) is 36.4 Å². The first-order chi connectivity index (χ1) is 11.4. The molecule has 0 radical (unpaired) electrons. The van der Waals surface area contributed by atoms with E-state index in [0.29, 0.717) is 11.8 Å². The fraction of sp³-hybridized carbons (Fsp3) is 0. The molecule has 0 spiro atoms. The Morgan fingerprint density at radius 3 is 1.43 bits per heavy atom. The molecule has 0 amide bonds. The van der Waals surface area contributed by atoms with Gasteiger partial charge in [-0.2, -0.15) is 0 Å². The van der Waals surface area contributed by atoms with E-state index in [4.69, 9.17) is 4.74 Å². The van der Waals surface area contributed by atoms with Gasteiger partial charge in [0.1, 0.15) is 0 Å². The average Bonchev–Trinajstić information content (AvgIpc) is 2.83. The number of nitrogens with zero attached hydrogens (tertiary/aromatic N) is 4. The molecule has 0 saturated heterocycles. The first-order valence-electron chi connectivity index (χ1n) is 7.15. The lowest BCUT2D eigenvalue weighted by Gasteiger charge is -2.09.